The van der Waals surface area contributed by atoms with E-state index < -0.39 is 0 Å². The second-order valence-corrected chi connectivity index (χ2v) is 4.97. The summed E-state index contributed by atoms with van der Waals surface area (Å²) < 4.78 is 5.10. The fraction of sp³-hybridized carbons (Fsp3) is 0.533. The van der Waals surface area contributed by atoms with Crippen LogP contribution in [0.5, 0.6) is 5.75 Å². The lowest BCUT2D eigenvalue weighted by Crippen LogP contribution is -2.26. The van der Waals surface area contributed by atoms with Gasteiger partial charge in [0, 0.05) is 26.1 Å². The largest absolute Gasteiger partial charge is 0.497 e. The summed E-state index contributed by atoms with van der Waals surface area (Å²) in [6, 6.07) is 7.93. The van der Waals surface area contributed by atoms with Gasteiger partial charge >= 0.3 is 0 Å². The number of carbonyl (C=O) groups excluding carboxylic acids is 1. The standard InChI is InChI=1S/C15H24N2O2/c1-12(16)5-4-6-15(18)17(2)11-13-7-9-14(19-3)10-8-13/h7-10,12H,4-6,11,16H2,1-3H3. The molecule has 0 aliphatic rings. The maximum atomic E-state index is 11.9. The maximum absolute atomic E-state index is 11.9. The fourth-order valence-electron chi connectivity index (χ4n) is 1.86. The van der Waals surface area contributed by atoms with Gasteiger partial charge in [0.2, 0.25) is 5.91 Å². The first kappa shape index (κ1) is 15.5. The van der Waals surface area contributed by atoms with Crippen molar-refractivity contribution in [1.29, 1.82) is 0 Å². The minimum Gasteiger partial charge on any atom is -0.497 e. The molecule has 0 bridgehead atoms. The van der Waals surface area contributed by atoms with E-state index in [2.05, 4.69) is 0 Å². The monoisotopic (exact) mass is 264 g/mol. The number of nitrogens with zero attached hydrogens (tertiary/aromatic N) is 1. The molecule has 0 aliphatic heterocycles. The average Bonchev–Trinajstić information content (AvgIpc) is 2.39. The molecular weight excluding hydrogens is 240 g/mol. The lowest BCUT2D eigenvalue weighted by Gasteiger charge is -2.17. The van der Waals surface area contributed by atoms with Gasteiger partial charge in [0.25, 0.3) is 0 Å². The number of carbonyl (C=O) groups is 1. The molecule has 1 aromatic rings. The molecule has 0 radical (unpaired) electrons. The van der Waals surface area contributed by atoms with Gasteiger partial charge in [0.05, 0.1) is 7.11 Å². The van der Waals surface area contributed by atoms with Gasteiger partial charge in [-0.05, 0) is 37.5 Å². The van der Waals surface area contributed by atoms with Crippen LogP contribution in [-0.4, -0.2) is 31.0 Å². The van der Waals surface area contributed by atoms with Crippen LogP contribution in [0.1, 0.15) is 31.7 Å². The van der Waals surface area contributed by atoms with Gasteiger partial charge in [-0.2, -0.15) is 0 Å². The molecule has 2 N–H and O–H groups in total. The topological polar surface area (TPSA) is 55.6 Å². The van der Waals surface area contributed by atoms with Crippen molar-refractivity contribution in [2.45, 2.75) is 38.8 Å². The summed E-state index contributed by atoms with van der Waals surface area (Å²) in [7, 11) is 3.47. The highest BCUT2D eigenvalue weighted by Gasteiger charge is 2.09. The van der Waals surface area contributed by atoms with Crippen LogP contribution < -0.4 is 10.5 Å². The fourth-order valence-corrected chi connectivity index (χ4v) is 1.86. The molecule has 1 unspecified atom stereocenters. The minimum atomic E-state index is 0.163. The number of nitrogens with two attached hydrogens (primary N) is 1. The van der Waals surface area contributed by atoms with E-state index in [1.54, 1.807) is 12.0 Å². The smallest absolute Gasteiger partial charge is 0.222 e. The molecule has 0 fully saturated rings. The molecule has 1 aromatic carbocycles. The SMILES string of the molecule is COc1ccc(CN(C)C(=O)CCCC(C)N)cc1. The van der Waals surface area contributed by atoms with Crippen LogP contribution in [0.2, 0.25) is 0 Å². The molecule has 4 nitrogen and oxygen atoms in total. The zero-order valence-electron chi connectivity index (χ0n) is 12.1. The van der Waals surface area contributed by atoms with Crippen molar-refractivity contribution >= 4 is 5.91 Å². The van der Waals surface area contributed by atoms with E-state index in [9.17, 15) is 4.79 Å². The summed E-state index contributed by atoms with van der Waals surface area (Å²) in [5.74, 6) is 0.992. The first-order chi connectivity index (χ1) is 9.02. The van der Waals surface area contributed by atoms with Gasteiger partial charge in [-0.25, -0.2) is 0 Å². The predicted octanol–water partition coefficient (Wildman–Crippen LogP) is 2.17. The normalized spacial score (nSPS) is 12.0. The molecule has 0 saturated carbocycles. The van der Waals surface area contributed by atoms with Gasteiger partial charge in [-0.1, -0.05) is 12.1 Å². The molecule has 106 valence electrons. The van der Waals surface area contributed by atoms with Crippen molar-refractivity contribution in [3.63, 3.8) is 0 Å². The van der Waals surface area contributed by atoms with Crippen molar-refractivity contribution in [2.24, 2.45) is 5.73 Å². The Morgan fingerprint density at radius 3 is 2.53 bits per heavy atom. The van der Waals surface area contributed by atoms with Crippen molar-refractivity contribution in [3.05, 3.63) is 29.8 Å². The number of benzene rings is 1. The number of methoxy groups -OCH3 is 1. The second kappa shape index (κ2) is 7.79. The van der Waals surface area contributed by atoms with E-state index >= 15 is 0 Å². The van der Waals surface area contributed by atoms with E-state index in [0.29, 0.717) is 13.0 Å². The molecule has 1 rings (SSSR count). The Bertz CT molecular complexity index is 388. The Hall–Kier alpha value is -1.55. The third-order valence-electron chi connectivity index (χ3n) is 3.05. The minimum absolute atomic E-state index is 0.163. The molecular formula is C15H24N2O2. The third kappa shape index (κ3) is 5.75. The van der Waals surface area contributed by atoms with E-state index in [0.717, 1.165) is 24.2 Å². The van der Waals surface area contributed by atoms with E-state index in [1.807, 2.05) is 38.2 Å². The van der Waals surface area contributed by atoms with Crippen LogP contribution in [0.25, 0.3) is 0 Å². The van der Waals surface area contributed by atoms with Crippen molar-refractivity contribution < 1.29 is 9.53 Å². The molecule has 0 heterocycles. The highest BCUT2D eigenvalue weighted by atomic mass is 16.5. The molecule has 1 atom stereocenters. The van der Waals surface area contributed by atoms with Crippen LogP contribution in [0.15, 0.2) is 24.3 Å². The Morgan fingerprint density at radius 2 is 2.00 bits per heavy atom. The number of rotatable bonds is 7. The van der Waals surface area contributed by atoms with Gasteiger partial charge in [-0.3, -0.25) is 4.79 Å². The van der Waals surface area contributed by atoms with Crippen LogP contribution >= 0.6 is 0 Å². The maximum Gasteiger partial charge on any atom is 0.222 e. The predicted molar refractivity (Wildman–Crippen MR) is 77.0 cm³/mol. The quantitative estimate of drug-likeness (QED) is 0.821. The molecule has 19 heavy (non-hydrogen) atoms. The van der Waals surface area contributed by atoms with Gasteiger partial charge in [0.1, 0.15) is 5.75 Å². The molecule has 0 aliphatic carbocycles. The van der Waals surface area contributed by atoms with Crippen LogP contribution in [0.3, 0.4) is 0 Å². The molecule has 0 spiro atoms. The zero-order chi connectivity index (χ0) is 14.3. The summed E-state index contributed by atoms with van der Waals surface area (Å²) in [4.78, 5) is 13.7. The summed E-state index contributed by atoms with van der Waals surface area (Å²) in [6.07, 6.45) is 2.31. The molecule has 1 amide bonds. The zero-order valence-corrected chi connectivity index (χ0v) is 12.1. The van der Waals surface area contributed by atoms with Crippen molar-refractivity contribution in [3.8, 4) is 5.75 Å². The summed E-state index contributed by atoms with van der Waals surface area (Å²) in [5, 5.41) is 0. The lowest BCUT2D eigenvalue weighted by atomic mass is 10.1. The summed E-state index contributed by atoms with van der Waals surface area (Å²) in [5.41, 5.74) is 6.77. The molecule has 0 aromatic heterocycles. The van der Waals surface area contributed by atoms with Crippen molar-refractivity contribution in [2.75, 3.05) is 14.2 Å². The average molecular weight is 264 g/mol. The van der Waals surface area contributed by atoms with E-state index in [4.69, 9.17) is 10.5 Å². The van der Waals surface area contributed by atoms with E-state index in [-0.39, 0.29) is 11.9 Å². The highest BCUT2D eigenvalue weighted by Crippen LogP contribution is 2.13. The number of hydrogen-bond donors (Lipinski definition) is 1. The Labute approximate surface area is 115 Å². The van der Waals surface area contributed by atoms with Gasteiger partial charge in [0.15, 0.2) is 0 Å². The number of ether oxygens (including phenoxy) is 1. The first-order valence-corrected chi connectivity index (χ1v) is 6.65. The summed E-state index contributed by atoms with van der Waals surface area (Å²) >= 11 is 0. The van der Waals surface area contributed by atoms with Crippen LogP contribution in [-0.2, 0) is 11.3 Å². The first-order valence-electron chi connectivity index (χ1n) is 6.65. The Kier molecular flexibility index (Phi) is 6.36. The Balaban J connectivity index is 2.40. The van der Waals surface area contributed by atoms with Crippen molar-refractivity contribution in [1.82, 2.24) is 4.90 Å². The van der Waals surface area contributed by atoms with Gasteiger partial charge in [-0.15, -0.1) is 0 Å². The van der Waals surface area contributed by atoms with Crippen LogP contribution in [0.4, 0.5) is 0 Å². The summed E-state index contributed by atoms with van der Waals surface area (Å²) in [6.45, 7) is 2.59. The second-order valence-electron chi connectivity index (χ2n) is 4.97. The number of hydrogen-bond acceptors (Lipinski definition) is 3. The van der Waals surface area contributed by atoms with Gasteiger partial charge < -0.3 is 15.4 Å². The molecule has 4 heteroatoms. The third-order valence-corrected chi connectivity index (χ3v) is 3.05. The van der Waals surface area contributed by atoms with Crippen LogP contribution in [0, 0.1) is 0 Å². The highest BCUT2D eigenvalue weighted by molar-refractivity contribution is 5.75. The Morgan fingerprint density at radius 1 is 1.37 bits per heavy atom. The number of amides is 1. The lowest BCUT2D eigenvalue weighted by molar-refractivity contribution is -0.130. The molecule has 0 saturated heterocycles. The van der Waals surface area contributed by atoms with E-state index in [1.165, 1.54) is 0 Å².